The number of imidazole rings is 1. The van der Waals surface area contributed by atoms with E-state index in [1.54, 1.807) is 12.4 Å². The van der Waals surface area contributed by atoms with Gasteiger partial charge < -0.3 is 10.6 Å². The SMILES string of the molecule is Cc1cc(-c2ncc(CNc3nccn4c(C5=NC=CNC5)cnc34)cc2C)ccn1. The first-order valence-corrected chi connectivity index (χ1v) is 10.1. The van der Waals surface area contributed by atoms with E-state index in [-0.39, 0.29) is 0 Å². The molecule has 5 heterocycles. The van der Waals surface area contributed by atoms with Gasteiger partial charge in [-0.1, -0.05) is 6.07 Å². The van der Waals surface area contributed by atoms with Crippen molar-refractivity contribution < 1.29 is 0 Å². The maximum atomic E-state index is 4.69. The first kappa shape index (κ1) is 18.9. The smallest absolute Gasteiger partial charge is 0.180 e. The summed E-state index contributed by atoms with van der Waals surface area (Å²) >= 11 is 0. The van der Waals surface area contributed by atoms with Crippen molar-refractivity contribution in [2.75, 3.05) is 11.9 Å². The predicted molar refractivity (Wildman–Crippen MR) is 121 cm³/mol. The number of aliphatic imine (C=N–C) groups is 1. The van der Waals surface area contributed by atoms with Crippen LogP contribution in [0.25, 0.3) is 16.9 Å². The number of pyridine rings is 2. The van der Waals surface area contributed by atoms with Crippen molar-refractivity contribution in [1.82, 2.24) is 29.7 Å². The topological polar surface area (TPSA) is 92.4 Å². The molecule has 154 valence electrons. The Hall–Kier alpha value is -4.07. The van der Waals surface area contributed by atoms with E-state index in [4.69, 9.17) is 4.98 Å². The number of anilines is 1. The summed E-state index contributed by atoms with van der Waals surface area (Å²) in [7, 11) is 0. The Morgan fingerprint density at radius 2 is 2.00 bits per heavy atom. The molecule has 4 aromatic heterocycles. The molecule has 8 heteroatoms. The number of aryl methyl sites for hydroxylation is 2. The molecule has 0 radical (unpaired) electrons. The first-order chi connectivity index (χ1) is 15.2. The lowest BCUT2D eigenvalue weighted by Crippen LogP contribution is -2.22. The van der Waals surface area contributed by atoms with Gasteiger partial charge in [0.05, 0.1) is 29.8 Å². The minimum Gasteiger partial charge on any atom is -0.384 e. The van der Waals surface area contributed by atoms with Gasteiger partial charge in [0.25, 0.3) is 0 Å². The van der Waals surface area contributed by atoms with Gasteiger partial charge in [0.1, 0.15) is 0 Å². The Morgan fingerprint density at radius 1 is 1.06 bits per heavy atom. The van der Waals surface area contributed by atoms with Gasteiger partial charge in [0, 0.05) is 55.0 Å². The van der Waals surface area contributed by atoms with Crippen molar-refractivity contribution in [2.24, 2.45) is 4.99 Å². The quantitative estimate of drug-likeness (QED) is 0.525. The van der Waals surface area contributed by atoms with Crippen molar-refractivity contribution in [2.45, 2.75) is 20.4 Å². The van der Waals surface area contributed by atoms with Gasteiger partial charge >= 0.3 is 0 Å². The molecule has 4 aromatic rings. The summed E-state index contributed by atoms with van der Waals surface area (Å²) < 4.78 is 2.01. The first-order valence-electron chi connectivity index (χ1n) is 10.1. The summed E-state index contributed by atoms with van der Waals surface area (Å²) in [5, 5.41) is 6.58. The average Bonchev–Trinajstić information content (AvgIpc) is 3.23. The minimum absolute atomic E-state index is 0.601. The van der Waals surface area contributed by atoms with Crippen LogP contribution in [0, 0.1) is 13.8 Å². The normalized spacial score (nSPS) is 13.2. The Kier molecular flexibility index (Phi) is 4.87. The molecule has 0 bridgehead atoms. The van der Waals surface area contributed by atoms with Crippen LogP contribution in [0.1, 0.15) is 22.5 Å². The van der Waals surface area contributed by atoms with E-state index in [1.807, 2.05) is 48.4 Å². The third-order valence-corrected chi connectivity index (χ3v) is 5.18. The molecule has 0 saturated carbocycles. The Morgan fingerprint density at radius 3 is 2.81 bits per heavy atom. The highest BCUT2D eigenvalue weighted by Gasteiger charge is 2.14. The molecule has 1 aliphatic rings. The maximum absolute atomic E-state index is 4.69. The van der Waals surface area contributed by atoms with Crippen molar-refractivity contribution >= 4 is 17.2 Å². The van der Waals surface area contributed by atoms with E-state index in [2.05, 4.69) is 49.6 Å². The van der Waals surface area contributed by atoms with Crippen LogP contribution in [0.4, 0.5) is 5.82 Å². The molecular formula is C23H22N8. The second-order valence-electron chi connectivity index (χ2n) is 7.43. The number of hydrogen-bond donors (Lipinski definition) is 2. The van der Waals surface area contributed by atoms with E-state index < -0.39 is 0 Å². The zero-order chi connectivity index (χ0) is 21.2. The van der Waals surface area contributed by atoms with Crippen LogP contribution in [0.2, 0.25) is 0 Å². The van der Waals surface area contributed by atoms with E-state index in [9.17, 15) is 0 Å². The molecule has 0 unspecified atom stereocenters. The van der Waals surface area contributed by atoms with Crippen LogP contribution in [-0.4, -0.2) is 36.6 Å². The molecule has 8 nitrogen and oxygen atoms in total. The van der Waals surface area contributed by atoms with Crippen LogP contribution < -0.4 is 10.6 Å². The van der Waals surface area contributed by atoms with E-state index in [0.717, 1.165) is 50.9 Å². The van der Waals surface area contributed by atoms with Crippen LogP contribution in [0.15, 0.2) is 66.6 Å². The highest BCUT2D eigenvalue weighted by molar-refractivity contribution is 6.02. The van der Waals surface area contributed by atoms with E-state index in [1.165, 1.54) is 0 Å². The third kappa shape index (κ3) is 3.75. The number of hydrogen-bond acceptors (Lipinski definition) is 7. The lowest BCUT2D eigenvalue weighted by Gasteiger charge is -2.11. The number of fused-ring (bicyclic) bond motifs is 1. The number of nitrogens with one attached hydrogen (secondary N) is 2. The van der Waals surface area contributed by atoms with Crippen LogP contribution in [-0.2, 0) is 6.54 Å². The van der Waals surface area contributed by atoms with Gasteiger partial charge in [-0.15, -0.1) is 0 Å². The molecule has 1 aliphatic heterocycles. The lowest BCUT2D eigenvalue weighted by atomic mass is 10.1. The fourth-order valence-corrected chi connectivity index (χ4v) is 3.71. The second-order valence-corrected chi connectivity index (χ2v) is 7.43. The zero-order valence-electron chi connectivity index (χ0n) is 17.4. The number of aromatic nitrogens is 5. The van der Waals surface area contributed by atoms with Crippen LogP contribution in [0.3, 0.4) is 0 Å². The Balaban J connectivity index is 1.38. The van der Waals surface area contributed by atoms with Gasteiger partial charge in [-0.2, -0.15) is 0 Å². The zero-order valence-corrected chi connectivity index (χ0v) is 17.4. The summed E-state index contributed by atoms with van der Waals surface area (Å²) in [6.07, 6.45) is 12.8. The predicted octanol–water partition coefficient (Wildman–Crippen LogP) is 3.28. The number of nitrogens with zero attached hydrogens (tertiary/aromatic N) is 6. The fraction of sp³-hybridized carbons (Fsp3) is 0.174. The summed E-state index contributed by atoms with van der Waals surface area (Å²) in [4.78, 5) is 22.5. The molecule has 0 aliphatic carbocycles. The molecule has 5 rings (SSSR count). The molecule has 0 atom stereocenters. The molecule has 31 heavy (non-hydrogen) atoms. The van der Waals surface area contributed by atoms with Crippen molar-refractivity contribution in [3.05, 3.63) is 84.1 Å². The average molecular weight is 410 g/mol. The summed E-state index contributed by atoms with van der Waals surface area (Å²) in [5.41, 5.74) is 7.89. The summed E-state index contributed by atoms with van der Waals surface area (Å²) in [5.74, 6) is 0.722. The molecule has 0 aromatic carbocycles. The minimum atomic E-state index is 0.601. The Bertz CT molecular complexity index is 1320. The number of rotatable bonds is 5. The van der Waals surface area contributed by atoms with E-state index in [0.29, 0.717) is 13.1 Å². The van der Waals surface area contributed by atoms with Gasteiger partial charge in [-0.05, 0) is 37.1 Å². The van der Waals surface area contributed by atoms with Gasteiger partial charge in [0.15, 0.2) is 11.5 Å². The fourth-order valence-electron chi connectivity index (χ4n) is 3.71. The van der Waals surface area contributed by atoms with Gasteiger partial charge in [-0.3, -0.25) is 19.4 Å². The molecule has 2 N–H and O–H groups in total. The third-order valence-electron chi connectivity index (χ3n) is 5.18. The largest absolute Gasteiger partial charge is 0.384 e. The highest BCUT2D eigenvalue weighted by Crippen LogP contribution is 2.22. The Labute approximate surface area is 179 Å². The maximum Gasteiger partial charge on any atom is 0.180 e. The summed E-state index contributed by atoms with van der Waals surface area (Å²) in [6.45, 7) is 5.34. The molecule has 0 spiro atoms. The monoisotopic (exact) mass is 410 g/mol. The summed E-state index contributed by atoms with van der Waals surface area (Å²) in [6, 6.07) is 6.19. The second kappa shape index (κ2) is 7.98. The molecule has 0 saturated heterocycles. The van der Waals surface area contributed by atoms with Crippen LogP contribution >= 0.6 is 0 Å². The van der Waals surface area contributed by atoms with E-state index >= 15 is 0 Å². The van der Waals surface area contributed by atoms with Crippen molar-refractivity contribution in [1.29, 1.82) is 0 Å². The molecule has 0 fully saturated rings. The van der Waals surface area contributed by atoms with Crippen molar-refractivity contribution in [3.63, 3.8) is 0 Å². The van der Waals surface area contributed by atoms with Gasteiger partial charge in [0.2, 0.25) is 0 Å². The van der Waals surface area contributed by atoms with Crippen molar-refractivity contribution in [3.8, 4) is 11.3 Å². The van der Waals surface area contributed by atoms with Gasteiger partial charge in [-0.25, -0.2) is 9.97 Å². The highest BCUT2D eigenvalue weighted by atomic mass is 15.1. The molecule has 0 amide bonds. The standard InChI is InChI=1S/C23H22N8/c1-15-9-17(11-28-21(15)18-3-4-25-16(2)10-18)12-29-22-23-30-14-20(31(23)8-7-27-22)19-13-24-5-6-26-19/h3-11,14,24H,12-13H2,1-2H3,(H,27,29). The lowest BCUT2D eigenvalue weighted by molar-refractivity contribution is 0.976. The molecular weight excluding hydrogens is 388 g/mol. The van der Waals surface area contributed by atoms with Crippen LogP contribution in [0.5, 0.6) is 0 Å².